The molecule has 0 saturated carbocycles. The van der Waals surface area contributed by atoms with Gasteiger partial charge in [0, 0.05) is 86.8 Å². The molecule has 0 heterocycles. The highest BCUT2D eigenvalue weighted by Crippen LogP contribution is 2.35. The fraction of sp³-hybridized carbons (Fsp3) is 0.176. The molecule has 4 heteroatoms. The number of hydrogen-bond acceptors (Lipinski definition) is 1. The number of nitrogens with zero attached hydrogens (tertiary/aromatic N) is 4. The van der Waals surface area contributed by atoms with Crippen LogP contribution in [0.5, 0.6) is 0 Å². The van der Waals surface area contributed by atoms with Gasteiger partial charge in [0.15, 0.2) is 0 Å². The second-order valence-electron chi connectivity index (χ2n) is 16.4. The molecule has 0 amide bonds. The van der Waals surface area contributed by atoms with Crippen LogP contribution in [0.1, 0.15) is 33.4 Å². The highest BCUT2D eigenvalue weighted by atomic mass is 15.3. The summed E-state index contributed by atoms with van der Waals surface area (Å²) in [6.07, 6.45) is 0. The van der Waals surface area contributed by atoms with Crippen LogP contribution in [0.4, 0.5) is 34.1 Å². The molecular formula is C51H51N4+3. The van der Waals surface area contributed by atoms with Crippen molar-refractivity contribution in [2.75, 3.05) is 68.3 Å². The van der Waals surface area contributed by atoms with E-state index in [4.69, 9.17) is 0 Å². The van der Waals surface area contributed by atoms with Crippen LogP contribution in [0.3, 0.4) is 0 Å². The van der Waals surface area contributed by atoms with Gasteiger partial charge in [-0.3, -0.25) is 13.4 Å². The minimum atomic E-state index is 0.773. The summed E-state index contributed by atoms with van der Waals surface area (Å²) in [6, 6.07) is 50.7. The first kappa shape index (κ1) is 38.4. The van der Waals surface area contributed by atoms with Crippen molar-refractivity contribution in [3.8, 4) is 35.5 Å². The van der Waals surface area contributed by atoms with Gasteiger partial charge in [0.25, 0.3) is 0 Å². The second kappa shape index (κ2) is 16.0. The number of quaternary nitrogens is 3. The topological polar surface area (TPSA) is 3.24 Å². The molecule has 0 aromatic heterocycles. The lowest BCUT2D eigenvalue weighted by molar-refractivity contribution is 0.486. The molecule has 0 fully saturated rings. The zero-order valence-corrected chi connectivity index (χ0v) is 33.6. The molecule has 6 aromatic rings. The Balaban J connectivity index is 1.27. The Morgan fingerprint density at radius 1 is 0.255 bits per heavy atom. The van der Waals surface area contributed by atoms with E-state index in [0.717, 1.165) is 63.9 Å². The maximum atomic E-state index is 3.35. The van der Waals surface area contributed by atoms with E-state index in [1.807, 2.05) is 0 Å². The lowest BCUT2D eigenvalue weighted by atomic mass is 10.1. The predicted octanol–water partition coefficient (Wildman–Crippen LogP) is 9.95. The minimum Gasteiger partial charge on any atom is -0.311 e. The normalized spacial score (nSPS) is 11.3. The van der Waals surface area contributed by atoms with Crippen LogP contribution >= 0.6 is 0 Å². The highest BCUT2D eigenvalue weighted by molar-refractivity contribution is 5.77. The number of anilines is 3. The van der Waals surface area contributed by atoms with Gasteiger partial charge in [-0.05, 0) is 109 Å². The Hall–Kier alpha value is -6.32. The fourth-order valence-electron chi connectivity index (χ4n) is 5.94. The first-order valence-corrected chi connectivity index (χ1v) is 18.5. The average molecular weight is 720 g/mol. The van der Waals surface area contributed by atoms with E-state index in [1.54, 1.807) is 0 Å². The second-order valence-corrected chi connectivity index (χ2v) is 16.4. The Bertz CT molecular complexity index is 2140. The standard InChI is InChI=1S/C51H51N4/c1-53(2,3)49-34-22-43(23-35-49)13-10-40-16-28-46(29-17-40)52(47-30-18-41(19-31-47)11-14-44-24-36-50(37-25-44)54(4,5)6)48-32-20-42(21-33-48)12-15-45-26-38-51(39-27-45)55(7,8)9/h16-39H,1-9H3/q+3. The lowest BCUT2D eigenvalue weighted by Crippen LogP contribution is -2.34. The van der Waals surface area contributed by atoms with Crippen molar-refractivity contribution in [1.82, 2.24) is 13.4 Å². The van der Waals surface area contributed by atoms with Crippen LogP contribution < -0.4 is 18.3 Å². The van der Waals surface area contributed by atoms with Gasteiger partial charge < -0.3 is 4.90 Å². The third-order valence-corrected chi connectivity index (χ3v) is 9.36. The first-order chi connectivity index (χ1) is 26.1. The molecule has 0 saturated heterocycles. The van der Waals surface area contributed by atoms with E-state index in [2.05, 4.69) is 249 Å². The van der Waals surface area contributed by atoms with Crippen molar-refractivity contribution >= 4 is 34.1 Å². The third-order valence-electron chi connectivity index (χ3n) is 9.36. The SMILES string of the molecule is C[N+](C)(C)c1ccc(C#Cc2ccc(N(c3ccc(C#Cc4ccc([N+](C)(C)C)cc4)cc3)c3ccc(C#Cc4ccc([N+](C)(C)C)cc4)cc3)cc2)cc1. The van der Waals surface area contributed by atoms with Crippen molar-refractivity contribution in [1.29, 1.82) is 0 Å². The summed E-state index contributed by atoms with van der Waals surface area (Å²) < 4.78 is 2.32. The first-order valence-electron chi connectivity index (χ1n) is 18.5. The van der Waals surface area contributed by atoms with Crippen molar-refractivity contribution in [3.63, 3.8) is 0 Å². The number of hydrogen-bond donors (Lipinski definition) is 0. The summed E-state index contributed by atoms with van der Waals surface area (Å²) in [5.74, 6) is 20.0. The molecule has 272 valence electrons. The van der Waals surface area contributed by atoms with E-state index in [0.29, 0.717) is 0 Å². The quantitative estimate of drug-likeness (QED) is 0.122. The van der Waals surface area contributed by atoms with Crippen LogP contribution in [0.2, 0.25) is 0 Å². The third kappa shape index (κ3) is 10.2. The van der Waals surface area contributed by atoms with Crippen LogP contribution in [-0.2, 0) is 0 Å². The van der Waals surface area contributed by atoms with Gasteiger partial charge in [0.05, 0.1) is 63.4 Å². The van der Waals surface area contributed by atoms with Crippen LogP contribution in [0, 0.1) is 35.5 Å². The smallest absolute Gasteiger partial charge is 0.132 e. The lowest BCUT2D eigenvalue weighted by Gasteiger charge is -2.25. The molecular weight excluding hydrogens is 669 g/mol. The zero-order valence-electron chi connectivity index (χ0n) is 33.6. The molecule has 0 aliphatic carbocycles. The average Bonchev–Trinajstić information content (AvgIpc) is 3.16. The van der Waals surface area contributed by atoms with E-state index < -0.39 is 0 Å². The summed E-state index contributed by atoms with van der Waals surface area (Å²) >= 11 is 0. The molecule has 55 heavy (non-hydrogen) atoms. The monoisotopic (exact) mass is 719 g/mol. The van der Waals surface area contributed by atoms with E-state index in [-0.39, 0.29) is 0 Å². The number of benzene rings is 6. The van der Waals surface area contributed by atoms with E-state index >= 15 is 0 Å². The van der Waals surface area contributed by atoms with Gasteiger partial charge in [0.1, 0.15) is 17.1 Å². The summed E-state index contributed by atoms with van der Waals surface area (Å²) in [5, 5.41) is 0. The van der Waals surface area contributed by atoms with Gasteiger partial charge >= 0.3 is 0 Å². The molecule has 0 spiro atoms. The van der Waals surface area contributed by atoms with Crippen LogP contribution in [0.15, 0.2) is 146 Å². The Kier molecular flexibility index (Phi) is 11.1. The maximum absolute atomic E-state index is 3.35. The number of rotatable bonds is 6. The highest BCUT2D eigenvalue weighted by Gasteiger charge is 2.14. The van der Waals surface area contributed by atoms with Crippen LogP contribution in [-0.4, -0.2) is 63.4 Å². The predicted molar refractivity (Wildman–Crippen MR) is 237 cm³/mol. The largest absolute Gasteiger partial charge is 0.311 e. The van der Waals surface area contributed by atoms with Crippen molar-refractivity contribution in [3.05, 3.63) is 179 Å². The van der Waals surface area contributed by atoms with Gasteiger partial charge in [-0.15, -0.1) is 0 Å². The Morgan fingerprint density at radius 3 is 0.582 bits per heavy atom. The maximum Gasteiger partial charge on any atom is 0.132 e. The molecule has 0 aliphatic heterocycles. The molecule has 0 unspecified atom stereocenters. The van der Waals surface area contributed by atoms with Crippen molar-refractivity contribution in [2.24, 2.45) is 0 Å². The summed E-state index contributed by atoms with van der Waals surface area (Å²) in [5.41, 5.74) is 12.7. The molecule has 0 radical (unpaired) electrons. The van der Waals surface area contributed by atoms with E-state index in [9.17, 15) is 0 Å². The summed E-state index contributed by atoms with van der Waals surface area (Å²) in [7, 11) is 19.5. The molecule has 6 rings (SSSR count). The Labute approximate surface area is 329 Å². The summed E-state index contributed by atoms with van der Waals surface area (Å²) in [4.78, 5) is 2.25. The summed E-state index contributed by atoms with van der Waals surface area (Å²) in [6.45, 7) is 0. The molecule has 0 aliphatic rings. The molecule has 0 N–H and O–H groups in total. The van der Waals surface area contributed by atoms with Crippen LogP contribution in [0.25, 0.3) is 0 Å². The van der Waals surface area contributed by atoms with Crippen molar-refractivity contribution in [2.45, 2.75) is 0 Å². The molecule has 0 bridgehead atoms. The van der Waals surface area contributed by atoms with Gasteiger partial charge in [-0.2, -0.15) is 0 Å². The minimum absolute atomic E-state index is 0.773. The van der Waals surface area contributed by atoms with Gasteiger partial charge in [0.2, 0.25) is 0 Å². The molecule has 6 aromatic carbocycles. The van der Waals surface area contributed by atoms with Crippen molar-refractivity contribution < 1.29 is 0 Å². The van der Waals surface area contributed by atoms with Gasteiger partial charge in [-0.25, -0.2) is 0 Å². The van der Waals surface area contributed by atoms with Gasteiger partial charge in [-0.1, -0.05) is 35.5 Å². The molecule has 0 atom stereocenters. The fourth-order valence-corrected chi connectivity index (χ4v) is 5.94. The molecule has 4 nitrogen and oxygen atoms in total. The zero-order chi connectivity index (χ0) is 39.2. The Morgan fingerprint density at radius 2 is 0.418 bits per heavy atom. The van der Waals surface area contributed by atoms with E-state index in [1.165, 1.54) is 17.1 Å².